The summed E-state index contributed by atoms with van der Waals surface area (Å²) in [4.78, 5) is 16.7. The van der Waals surface area contributed by atoms with Gasteiger partial charge >= 0.3 is 0 Å². The molecular weight excluding hydrogens is 346 g/mol. The Morgan fingerprint density at radius 2 is 2.04 bits per heavy atom. The van der Waals surface area contributed by atoms with Crippen LogP contribution in [0.2, 0.25) is 0 Å². The zero-order valence-corrected chi connectivity index (χ0v) is 16.2. The number of nitrogens with zero attached hydrogens (tertiary/aromatic N) is 3. The fourth-order valence-corrected chi connectivity index (χ4v) is 4.54. The van der Waals surface area contributed by atoms with Crippen LogP contribution in [0, 0.1) is 5.92 Å². The van der Waals surface area contributed by atoms with E-state index < -0.39 is 0 Å². The maximum Gasteiger partial charge on any atom is 0.264 e. The van der Waals surface area contributed by atoms with Crippen LogP contribution in [-0.4, -0.2) is 40.8 Å². The van der Waals surface area contributed by atoms with Gasteiger partial charge in [-0.1, -0.05) is 19.1 Å². The number of aromatic nitrogens is 2. The van der Waals surface area contributed by atoms with Gasteiger partial charge < -0.3 is 9.64 Å². The van der Waals surface area contributed by atoms with Gasteiger partial charge in [0.15, 0.2) is 0 Å². The van der Waals surface area contributed by atoms with Gasteiger partial charge in [0.05, 0.1) is 12.0 Å². The van der Waals surface area contributed by atoms with Crippen molar-refractivity contribution >= 4 is 27.5 Å². The molecule has 6 heteroatoms. The fraction of sp³-hybridized carbons (Fsp3) is 0.400. The van der Waals surface area contributed by atoms with Crippen LogP contribution in [0.15, 0.2) is 30.3 Å². The number of carbonyl (C=O) groups excluding carboxylic acids is 1. The third-order valence-corrected chi connectivity index (χ3v) is 6.33. The van der Waals surface area contributed by atoms with E-state index in [1.807, 2.05) is 47.0 Å². The lowest BCUT2D eigenvalue weighted by Crippen LogP contribution is -2.37. The number of aryl methyl sites for hydroxylation is 1. The molecule has 1 aliphatic heterocycles. The lowest BCUT2D eigenvalue weighted by molar-refractivity contribution is 0.0702. The number of hydrogen-bond donors (Lipinski definition) is 0. The van der Waals surface area contributed by atoms with Crippen molar-refractivity contribution in [3.8, 4) is 17.0 Å². The third-order valence-electron chi connectivity index (χ3n) is 5.14. The standard InChI is InChI=1S/C20H23N3O2S/c1-13-7-9-23(10-8-13)19(24)17-12-16-18(21-22(2)20(16)26-17)14-5-4-6-15(11-14)25-3/h4-6,11-13H,7-10H2,1-3H3. The molecule has 0 aliphatic carbocycles. The van der Waals surface area contributed by atoms with Crippen molar-refractivity contribution in [1.82, 2.24) is 14.7 Å². The fourth-order valence-electron chi connectivity index (χ4n) is 3.50. The highest BCUT2D eigenvalue weighted by Crippen LogP contribution is 2.35. The predicted molar refractivity (Wildman–Crippen MR) is 105 cm³/mol. The molecule has 0 bridgehead atoms. The number of amides is 1. The number of piperidine rings is 1. The molecule has 0 spiro atoms. The highest BCUT2D eigenvalue weighted by molar-refractivity contribution is 7.20. The molecule has 1 fully saturated rings. The normalized spacial score (nSPS) is 15.6. The first-order chi connectivity index (χ1) is 12.6. The topological polar surface area (TPSA) is 47.4 Å². The van der Waals surface area contributed by atoms with Crippen molar-refractivity contribution in [2.24, 2.45) is 13.0 Å². The molecule has 0 atom stereocenters. The van der Waals surface area contributed by atoms with Crippen LogP contribution in [-0.2, 0) is 7.05 Å². The summed E-state index contributed by atoms with van der Waals surface area (Å²) < 4.78 is 7.20. The van der Waals surface area contributed by atoms with E-state index in [0.29, 0.717) is 5.92 Å². The summed E-state index contributed by atoms with van der Waals surface area (Å²) in [6.07, 6.45) is 2.18. The molecule has 1 saturated heterocycles. The number of rotatable bonds is 3. The zero-order valence-electron chi connectivity index (χ0n) is 15.4. The average Bonchev–Trinajstić information content (AvgIpc) is 3.22. The Bertz CT molecular complexity index is 951. The lowest BCUT2D eigenvalue weighted by atomic mass is 9.99. The zero-order chi connectivity index (χ0) is 18.3. The van der Waals surface area contributed by atoms with Gasteiger partial charge in [0.2, 0.25) is 0 Å². The van der Waals surface area contributed by atoms with E-state index in [1.54, 1.807) is 7.11 Å². The third kappa shape index (κ3) is 2.98. The Kier molecular flexibility index (Phi) is 4.44. The number of hydrogen-bond acceptors (Lipinski definition) is 4. The van der Waals surface area contributed by atoms with Crippen LogP contribution < -0.4 is 4.74 Å². The summed E-state index contributed by atoms with van der Waals surface area (Å²) in [5, 5.41) is 5.69. The van der Waals surface area contributed by atoms with Gasteiger partial charge in [-0.25, -0.2) is 0 Å². The van der Waals surface area contributed by atoms with Crippen LogP contribution >= 0.6 is 11.3 Å². The lowest BCUT2D eigenvalue weighted by Gasteiger charge is -2.29. The Morgan fingerprint density at radius 3 is 2.77 bits per heavy atom. The van der Waals surface area contributed by atoms with E-state index in [4.69, 9.17) is 4.74 Å². The van der Waals surface area contributed by atoms with Crippen LogP contribution in [0.25, 0.3) is 21.5 Å². The highest BCUT2D eigenvalue weighted by atomic mass is 32.1. The van der Waals surface area contributed by atoms with Gasteiger partial charge in [0.25, 0.3) is 5.91 Å². The van der Waals surface area contributed by atoms with E-state index in [2.05, 4.69) is 12.0 Å². The van der Waals surface area contributed by atoms with E-state index in [-0.39, 0.29) is 5.91 Å². The van der Waals surface area contributed by atoms with Gasteiger partial charge in [-0.15, -0.1) is 11.3 Å². The van der Waals surface area contributed by atoms with E-state index in [9.17, 15) is 4.79 Å². The highest BCUT2D eigenvalue weighted by Gasteiger charge is 2.24. The van der Waals surface area contributed by atoms with Crippen molar-refractivity contribution in [1.29, 1.82) is 0 Å². The first-order valence-electron chi connectivity index (χ1n) is 8.97. The largest absolute Gasteiger partial charge is 0.497 e. The Balaban J connectivity index is 1.70. The van der Waals surface area contributed by atoms with Gasteiger partial charge in [0, 0.05) is 31.1 Å². The molecule has 0 unspecified atom stereocenters. The molecule has 5 nitrogen and oxygen atoms in total. The second-order valence-corrected chi connectivity index (χ2v) is 8.04. The minimum atomic E-state index is 0.148. The minimum absolute atomic E-state index is 0.148. The molecule has 26 heavy (non-hydrogen) atoms. The molecule has 3 aromatic rings. The number of ether oxygens (including phenoxy) is 1. The Morgan fingerprint density at radius 1 is 1.27 bits per heavy atom. The van der Waals surface area contributed by atoms with Gasteiger partial charge in [-0.3, -0.25) is 9.48 Å². The Hall–Kier alpha value is -2.34. The summed E-state index contributed by atoms with van der Waals surface area (Å²) in [5.41, 5.74) is 1.89. The van der Waals surface area contributed by atoms with Crippen molar-refractivity contribution in [2.75, 3.05) is 20.2 Å². The van der Waals surface area contributed by atoms with Crippen LogP contribution in [0.5, 0.6) is 5.75 Å². The molecule has 0 saturated carbocycles. The summed E-state index contributed by atoms with van der Waals surface area (Å²) in [6.45, 7) is 3.97. The van der Waals surface area contributed by atoms with E-state index >= 15 is 0 Å². The van der Waals surface area contributed by atoms with E-state index in [1.165, 1.54) is 11.3 Å². The summed E-state index contributed by atoms with van der Waals surface area (Å²) >= 11 is 1.53. The van der Waals surface area contributed by atoms with Crippen molar-refractivity contribution in [3.63, 3.8) is 0 Å². The van der Waals surface area contributed by atoms with Crippen molar-refractivity contribution in [3.05, 3.63) is 35.2 Å². The average molecular weight is 369 g/mol. The first kappa shape index (κ1) is 17.1. The van der Waals surface area contributed by atoms with Crippen LogP contribution in [0.3, 0.4) is 0 Å². The Labute approximate surface area is 157 Å². The first-order valence-corrected chi connectivity index (χ1v) is 9.78. The second kappa shape index (κ2) is 6.76. The van der Waals surface area contributed by atoms with Gasteiger partial charge in [0.1, 0.15) is 16.3 Å². The van der Waals surface area contributed by atoms with Crippen molar-refractivity contribution < 1.29 is 9.53 Å². The molecule has 2 aromatic heterocycles. The van der Waals surface area contributed by atoms with Crippen molar-refractivity contribution in [2.45, 2.75) is 19.8 Å². The summed E-state index contributed by atoms with van der Waals surface area (Å²) in [6, 6.07) is 9.89. The number of likely N-dealkylation sites (tertiary alicyclic amines) is 1. The minimum Gasteiger partial charge on any atom is -0.497 e. The maximum absolute atomic E-state index is 12.9. The van der Waals surface area contributed by atoms with Gasteiger partial charge in [-0.2, -0.15) is 5.10 Å². The van der Waals surface area contributed by atoms with E-state index in [0.717, 1.165) is 58.0 Å². The molecule has 0 radical (unpaired) electrons. The maximum atomic E-state index is 12.9. The molecule has 1 amide bonds. The molecule has 1 aliphatic rings. The molecule has 136 valence electrons. The quantitative estimate of drug-likeness (QED) is 0.696. The van der Waals surface area contributed by atoms with Crippen LogP contribution in [0.4, 0.5) is 0 Å². The number of benzene rings is 1. The predicted octanol–water partition coefficient (Wildman–Crippen LogP) is 4.18. The molecular formula is C20H23N3O2S. The van der Waals surface area contributed by atoms with Crippen LogP contribution in [0.1, 0.15) is 29.4 Å². The number of fused-ring (bicyclic) bond motifs is 1. The molecule has 1 aromatic carbocycles. The SMILES string of the molecule is COc1cccc(-c2nn(C)c3sc(C(=O)N4CCC(C)CC4)cc23)c1. The summed E-state index contributed by atoms with van der Waals surface area (Å²) in [5.74, 6) is 1.66. The summed E-state index contributed by atoms with van der Waals surface area (Å²) in [7, 11) is 3.59. The molecule has 4 rings (SSSR count). The number of thiophene rings is 1. The monoisotopic (exact) mass is 369 g/mol. The molecule has 3 heterocycles. The number of carbonyl (C=O) groups is 1. The molecule has 0 N–H and O–H groups in total. The smallest absolute Gasteiger partial charge is 0.264 e. The van der Waals surface area contributed by atoms with Gasteiger partial charge in [-0.05, 0) is 37.0 Å². The number of methoxy groups -OCH3 is 1. The second-order valence-electron chi connectivity index (χ2n) is 7.01.